The highest BCUT2D eigenvalue weighted by Crippen LogP contribution is 2.38. The molecule has 3 rings (SSSR count). The summed E-state index contributed by atoms with van der Waals surface area (Å²) in [5.74, 6) is 1.65. The maximum atomic E-state index is 8.81. The van der Waals surface area contributed by atoms with Crippen molar-refractivity contribution in [2.45, 2.75) is 44.4 Å². The van der Waals surface area contributed by atoms with Gasteiger partial charge < -0.3 is 19.3 Å². The van der Waals surface area contributed by atoms with E-state index in [1.165, 1.54) is 5.56 Å². The summed E-state index contributed by atoms with van der Waals surface area (Å²) in [4.78, 5) is 0. The summed E-state index contributed by atoms with van der Waals surface area (Å²) in [5, 5.41) is 8.81. The van der Waals surface area contributed by atoms with Crippen LogP contribution in [0.3, 0.4) is 0 Å². The molecule has 4 nitrogen and oxygen atoms in total. The minimum atomic E-state index is 0.192. The molecule has 0 spiro atoms. The first-order valence-electron chi connectivity index (χ1n) is 10.3. The van der Waals surface area contributed by atoms with Crippen LogP contribution in [0.4, 0.5) is 0 Å². The Morgan fingerprint density at radius 2 is 1.75 bits per heavy atom. The molecule has 0 aliphatic carbocycles. The standard InChI is InChI=1S/C24H32O4/c1-3-24(17-27-18-24)20-10-8-19(9-11-20)22-13-12-21(16-23(22)26-2)28-15-7-5-4-6-14-25/h8-13,16,25H,3-7,14-15,17-18H2,1-2H3. The summed E-state index contributed by atoms with van der Waals surface area (Å²) in [6.07, 6.45) is 5.08. The van der Waals surface area contributed by atoms with Gasteiger partial charge >= 0.3 is 0 Å². The molecular weight excluding hydrogens is 352 g/mol. The molecule has 28 heavy (non-hydrogen) atoms. The molecule has 1 aliphatic heterocycles. The molecule has 1 fully saturated rings. The van der Waals surface area contributed by atoms with Gasteiger partial charge in [-0.2, -0.15) is 0 Å². The zero-order valence-corrected chi connectivity index (χ0v) is 17.1. The molecule has 0 radical (unpaired) electrons. The second kappa shape index (κ2) is 9.94. The van der Waals surface area contributed by atoms with Crippen LogP contribution in [-0.2, 0) is 10.2 Å². The van der Waals surface area contributed by atoms with Gasteiger partial charge in [0, 0.05) is 23.7 Å². The maximum Gasteiger partial charge on any atom is 0.130 e. The van der Waals surface area contributed by atoms with Crippen molar-refractivity contribution in [3.8, 4) is 22.6 Å². The molecule has 0 aromatic heterocycles. The highest BCUT2D eigenvalue weighted by atomic mass is 16.5. The summed E-state index contributed by atoms with van der Waals surface area (Å²) in [7, 11) is 1.70. The second-order valence-electron chi connectivity index (χ2n) is 7.55. The predicted octanol–water partition coefficient (Wildman–Crippen LogP) is 4.97. The molecule has 1 N–H and O–H groups in total. The summed E-state index contributed by atoms with van der Waals surface area (Å²) in [6.45, 7) is 4.82. The van der Waals surface area contributed by atoms with Gasteiger partial charge in [0.25, 0.3) is 0 Å². The third kappa shape index (κ3) is 4.68. The topological polar surface area (TPSA) is 47.9 Å². The quantitative estimate of drug-likeness (QED) is 0.556. The number of rotatable bonds is 11. The third-order valence-corrected chi connectivity index (χ3v) is 5.74. The molecule has 4 heteroatoms. The highest BCUT2D eigenvalue weighted by molar-refractivity contribution is 5.72. The van der Waals surface area contributed by atoms with Gasteiger partial charge in [-0.05, 0) is 48.9 Å². The molecule has 152 valence electrons. The molecule has 0 saturated carbocycles. The van der Waals surface area contributed by atoms with E-state index < -0.39 is 0 Å². The summed E-state index contributed by atoms with van der Waals surface area (Å²) >= 11 is 0. The van der Waals surface area contributed by atoms with Gasteiger partial charge in [-0.25, -0.2) is 0 Å². The number of methoxy groups -OCH3 is 1. The Bertz CT molecular complexity index is 729. The molecule has 1 heterocycles. The summed E-state index contributed by atoms with van der Waals surface area (Å²) < 4.78 is 16.9. The Hall–Kier alpha value is -2.04. The minimum absolute atomic E-state index is 0.192. The maximum absolute atomic E-state index is 8.81. The van der Waals surface area contributed by atoms with Crippen LogP contribution in [-0.4, -0.2) is 38.6 Å². The Labute approximate surface area is 168 Å². The van der Waals surface area contributed by atoms with Crippen LogP contribution in [0.2, 0.25) is 0 Å². The average molecular weight is 385 g/mol. The van der Waals surface area contributed by atoms with Crippen molar-refractivity contribution in [3.63, 3.8) is 0 Å². The molecule has 2 aromatic rings. The number of hydrogen-bond donors (Lipinski definition) is 1. The number of unbranched alkanes of at least 4 members (excludes halogenated alkanes) is 3. The van der Waals surface area contributed by atoms with E-state index in [0.717, 1.165) is 67.9 Å². The van der Waals surface area contributed by atoms with Crippen molar-refractivity contribution < 1.29 is 19.3 Å². The van der Waals surface area contributed by atoms with Crippen molar-refractivity contribution in [2.75, 3.05) is 33.5 Å². The third-order valence-electron chi connectivity index (χ3n) is 5.74. The Balaban J connectivity index is 1.65. The van der Waals surface area contributed by atoms with Crippen molar-refractivity contribution in [1.82, 2.24) is 0 Å². The van der Waals surface area contributed by atoms with Crippen LogP contribution in [0.1, 0.15) is 44.6 Å². The molecule has 1 saturated heterocycles. The van der Waals surface area contributed by atoms with Crippen LogP contribution in [0.5, 0.6) is 11.5 Å². The van der Waals surface area contributed by atoms with Crippen LogP contribution < -0.4 is 9.47 Å². The number of ether oxygens (including phenoxy) is 3. The normalized spacial score (nSPS) is 15.1. The van der Waals surface area contributed by atoms with E-state index in [-0.39, 0.29) is 12.0 Å². The number of aliphatic hydroxyl groups excluding tert-OH is 1. The lowest BCUT2D eigenvalue weighted by Gasteiger charge is -2.41. The average Bonchev–Trinajstić information content (AvgIpc) is 2.70. The Kier molecular flexibility index (Phi) is 7.35. The van der Waals surface area contributed by atoms with Gasteiger partial charge in [0.05, 0.1) is 26.9 Å². The zero-order valence-electron chi connectivity index (χ0n) is 17.1. The number of aliphatic hydroxyl groups is 1. The van der Waals surface area contributed by atoms with E-state index in [2.05, 4.69) is 37.3 Å². The molecule has 0 amide bonds. The predicted molar refractivity (Wildman–Crippen MR) is 112 cm³/mol. The van der Waals surface area contributed by atoms with Crippen LogP contribution in [0, 0.1) is 0 Å². The van der Waals surface area contributed by atoms with E-state index in [1.54, 1.807) is 7.11 Å². The van der Waals surface area contributed by atoms with Crippen LogP contribution >= 0.6 is 0 Å². The van der Waals surface area contributed by atoms with Gasteiger partial charge in [-0.1, -0.05) is 37.6 Å². The van der Waals surface area contributed by atoms with E-state index >= 15 is 0 Å². The van der Waals surface area contributed by atoms with E-state index in [1.807, 2.05) is 12.1 Å². The van der Waals surface area contributed by atoms with Crippen molar-refractivity contribution >= 4 is 0 Å². The number of hydrogen-bond acceptors (Lipinski definition) is 4. The lowest BCUT2D eigenvalue weighted by atomic mass is 9.76. The molecule has 0 atom stereocenters. The second-order valence-corrected chi connectivity index (χ2v) is 7.55. The zero-order chi connectivity index (χ0) is 19.8. The largest absolute Gasteiger partial charge is 0.496 e. The van der Waals surface area contributed by atoms with Gasteiger partial charge in [0.1, 0.15) is 11.5 Å². The fourth-order valence-electron chi connectivity index (χ4n) is 3.68. The van der Waals surface area contributed by atoms with Crippen molar-refractivity contribution in [3.05, 3.63) is 48.0 Å². The van der Waals surface area contributed by atoms with Gasteiger partial charge in [0.2, 0.25) is 0 Å². The first-order chi connectivity index (χ1) is 13.7. The molecule has 2 aromatic carbocycles. The molecular formula is C24H32O4. The lowest BCUT2D eigenvalue weighted by Crippen LogP contribution is -2.46. The fourth-order valence-corrected chi connectivity index (χ4v) is 3.68. The summed E-state index contributed by atoms with van der Waals surface area (Å²) in [5.41, 5.74) is 3.75. The van der Waals surface area contributed by atoms with E-state index in [0.29, 0.717) is 6.61 Å². The molecule has 0 bridgehead atoms. The van der Waals surface area contributed by atoms with Crippen LogP contribution in [0.25, 0.3) is 11.1 Å². The van der Waals surface area contributed by atoms with E-state index in [4.69, 9.17) is 19.3 Å². The van der Waals surface area contributed by atoms with Gasteiger partial charge in [-0.3, -0.25) is 0 Å². The van der Waals surface area contributed by atoms with Crippen molar-refractivity contribution in [2.24, 2.45) is 0 Å². The van der Waals surface area contributed by atoms with E-state index in [9.17, 15) is 0 Å². The molecule has 1 aliphatic rings. The highest BCUT2D eigenvalue weighted by Gasteiger charge is 2.38. The molecule has 0 unspecified atom stereocenters. The smallest absolute Gasteiger partial charge is 0.130 e. The first kappa shape index (κ1) is 20.7. The monoisotopic (exact) mass is 384 g/mol. The summed E-state index contributed by atoms with van der Waals surface area (Å²) in [6, 6.07) is 14.8. The first-order valence-corrected chi connectivity index (χ1v) is 10.3. The van der Waals surface area contributed by atoms with Crippen molar-refractivity contribution in [1.29, 1.82) is 0 Å². The van der Waals surface area contributed by atoms with Gasteiger partial charge in [-0.15, -0.1) is 0 Å². The lowest BCUT2D eigenvalue weighted by molar-refractivity contribution is -0.0620. The SMILES string of the molecule is CCC1(c2ccc(-c3ccc(OCCCCCCO)cc3OC)cc2)COC1. The van der Waals surface area contributed by atoms with Gasteiger partial charge in [0.15, 0.2) is 0 Å². The number of benzene rings is 2. The Morgan fingerprint density at radius 1 is 1.00 bits per heavy atom. The van der Waals surface area contributed by atoms with Crippen LogP contribution in [0.15, 0.2) is 42.5 Å². The minimum Gasteiger partial charge on any atom is -0.496 e. The Morgan fingerprint density at radius 3 is 2.36 bits per heavy atom. The fraction of sp³-hybridized carbons (Fsp3) is 0.500.